The summed E-state index contributed by atoms with van der Waals surface area (Å²) in [6.45, 7) is 3.54. The molecule has 3 aromatic rings. The van der Waals surface area contributed by atoms with Crippen LogP contribution in [0.25, 0.3) is 0 Å². The van der Waals surface area contributed by atoms with E-state index in [0.717, 1.165) is 24.2 Å². The van der Waals surface area contributed by atoms with Gasteiger partial charge < -0.3 is 21.3 Å². The third-order valence-electron chi connectivity index (χ3n) is 6.43. The second-order valence-electron chi connectivity index (χ2n) is 8.76. The molecule has 1 aliphatic carbocycles. The second kappa shape index (κ2) is 9.21. The lowest BCUT2D eigenvalue weighted by molar-refractivity contribution is 0.102. The summed E-state index contributed by atoms with van der Waals surface area (Å²) in [5.41, 5.74) is 3.91. The number of nitrogens with zero attached hydrogens (tertiary/aromatic N) is 4. The van der Waals surface area contributed by atoms with Crippen molar-refractivity contribution in [3.63, 3.8) is 0 Å². The van der Waals surface area contributed by atoms with Gasteiger partial charge in [0.2, 0.25) is 5.95 Å². The molecule has 1 spiro atoms. The maximum absolute atomic E-state index is 13.2. The Bertz CT molecular complexity index is 1270. The molecular weight excluding hydrogens is 444 g/mol. The van der Waals surface area contributed by atoms with E-state index in [2.05, 4.69) is 36.2 Å². The van der Waals surface area contributed by atoms with Gasteiger partial charge in [-0.05, 0) is 55.7 Å². The van der Waals surface area contributed by atoms with Gasteiger partial charge in [-0.15, -0.1) is 0 Å². The fourth-order valence-electron chi connectivity index (χ4n) is 4.48. The molecule has 2 aliphatic rings. The van der Waals surface area contributed by atoms with Crippen molar-refractivity contribution in [2.24, 2.45) is 0 Å². The standard InChI is InChI=1S/C25H28N8O2/c1-3-27-24(35)33-15-25(9-10-25)19-7-6-16(13-20(19)33)31-22(34)18-5-4-11-28-21(18)30-14-17-8-12-29-23(26-2)32-17/h4-8,11-13H,3,9-10,14-15H2,1-2H3,(H,27,35)(H,28,30)(H,31,34)(H,26,29,32). The smallest absolute Gasteiger partial charge is 0.321 e. The number of carbonyl (C=O) groups excluding carboxylic acids is 2. The van der Waals surface area contributed by atoms with Gasteiger partial charge in [0.1, 0.15) is 5.82 Å². The van der Waals surface area contributed by atoms with E-state index in [9.17, 15) is 9.59 Å². The maximum Gasteiger partial charge on any atom is 0.321 e. The maximum atomic E-state index is 13.2. The van der Waals surface area contributed by atoms with Crippen molar-refractivity contribution < 1.29 is 9.59 Å². The highest BCUT2D eigenvalue weighted by Crippen LogP contribution is 2.56. The summed E-state index contributed by atoms with van der Waals surface area (Å²) in [6, 6.07) is 11.0. The molecule has 10 nitrogen and oxygen atoms in total. The Hall–Kier alpha value is -4.21. The lowest BCUT2D eigenvalue weighted by Gasteiger charge is -2.18. The molecular formula is C25H28N8O2. The molecule has 10 heteroatoms. The highest BCUT2D eigenvalue weighted by atomic mass is 16.2. The zero-order chi connectivity index (χ0) is 24.4. The molecule has 3 amide bonds. The number of amides is 3. The number of aromatic nitrogens is 3. The monoisotopic (exact) mass is 472 g/mol. The Morgan fingerprint density at radius 1 is 1.11 bits per heavy atom. The Morgan fingerprint density at radius 2 is 1.97 bits per heavy atom. The molecule has 1 aromatic carbocycles. The molecule has 3 heterocycles. The number of fused-ring (bicyclic) bond motifs is 2. The van der Waals surface area contributed by atoms with Crippen molar-refractivity contribution in [3.05, 3.63) is 65.6 Å². The van der Waals surface area contributed by atoms with E-state index in [1.807, 2.05) is 25.1 Å². The summed E-state index contributed by atoms with van der Waals surface area (Å²) in [6.07, 6.45) is 5.46. The summed E-state index contributed by atoms with van der Waals surface area (Å²) < 4.78 is 0. The second-order valence-corrected chi connectivity index (χ2v) is 8.76. The van der Waals surface area contributed by atoms with E-state index in [1.54, 1.807) is 42.5 Å². The fourth-order valence-corrected chi connectivity index (χ4v) is 4.48. The van der Waals surface area contributed by atoms with Crippen molar-refractivity contribution >= 4 is 35.1 Å². The zero-order valence-corrected chi connectivity index (χ0v) is 19.8. The van der Waals surface area contributed by atoms with E-state index in [0.29, 0.717) is 42.7 Å². The Kier molecular flexibility index (Phi) is 5.94. The SMILES string of the molecule is CCNC(=O)N1CC2(CC2)c2ccc(NC(=O)c3cccnc3NCc3ccnc(NC)n3)cc21. The molecule has 35 heavy (non-hydrogen) atoms. The van der Waals surface area contributed by atoms with Gasteiger partial charge in [-0.1, -0.05) is 6.07 Å². The topological polar surface area (TPSA) is 124 Å². The minimum Gasteiger partial charge on any atom is -0.364 e. The van der Waals surface area contributed by atoms with Gasteiger partial charge in [0.15, 0.2) is 0 Å². The van der Waals surface area contributed by atoms with Crippen LogP contribution in [-0.2, 0) is 12.0 Å². The average molecular weight is 473 g/mol. The first kappa shape index (κ1) is 22.6. The number of pyridine rings is 1. The van der Waals surface area contributed by atoms with Gasteiger partial charge >= 0.3 is 6.03 Å². The third kappa shape index (κ3) is 4.46. The predicted octanol–water partition coefficient (Wildman–Crippen LogP) is 3.36. The van der Waals surface area contributed by atoms with E-state index < -0.39 is 0 Å². The van der Waals surface area contributed by atoms with Crippen LogP contribution < -0.4 is 26.2 Å². The zero-order valence-electron chi connectivity index (χ0n) is 19.8. The van der Waals surface area contributed by atoms with Crippen LogP contribution in [0.5, 0.6) is 0 Å². The van der Waals surface area contributed by atoms with Gasteiger partial charge in [0.05, 0.1) is 23.5 Å². The lowest BCUT2D eigenvalue weighted by Crippen LogP contribution is -2.40. The van der Waals surface area contributed by atoms with E-state index in [4.69, 9.17) is 0 Å². The summed E-state index contributed by atoms with van der Waals surface area (Å²) in [5, 5.41) is 12.0. The summed E-state index contributed by atoms with van der Waals surface area (Å²) in [7, 11) is 1.76. The number of hydrogen-bond donors (Lipinski definition) is 4. The molecule has 0 bridgehead atoms. The van der Waals surface area contributed by atoms with Crippen LogP contribution in [0.1, 0.15) is 41.4 Å². The third-order valence-corrected chi connectivity index (χ3v) is 6.43. The van der Waals surface area contributed by atoms with Crippen LogP contribution in [0.15, 0.2) is 48.8 Å². The highest BCUT2D eigenvalue weighted by molar-refractivity contribution is 6.08. The first-order chi connectivity index (χ1) is 17.0. The molecule has 1 aliphatic heterocycles. The number of anilines is 4. The van der Waals surface area contributed by atoms with Gasteiger partial charge in [-0.25, -0.2) is 19.7 Å². The number of carbonyl (C=O) groups is 2. The largest absolute Gasteiger partial charge is 0.364 e. The lowest BCUT2D eigenvalue weighted by atomic mass is 9.98. The van der Waals surface area contributed by atoms with Crippen molar-refractivity contribution in [3.8, 4) is 0 Å². The van der Waals surface area contributed by atoms with Crippen LogP contribution in [0, 0.1) is 0 Å². The Morgan fingerprint density at radius 3 is 2.74 bits per heavy atom. The summed E-state index contributed by atoms with van der Waals surface area (Å²) in [5.74, 6) is 0.689. The van der Waals surface area contributed by atoms with Gasteiger partial charge in [0.25, 0.3) is 5.91 Å². The minimum atomic E-state index is -0.289. The van der Waals surface area contributed by atoms with Crippen LogP contribution in [0.3, 0.4) is 0 Å². The molecule has 4 N–H and O–H groups in total. The number of hydrogen-bond acceptors (Lipinski definition) is 7. The minimum absolute atomic E-state index is 0.0670. The molecule has 5 rings (SSSR count). The van der Waals surface area contributed by atoms with E-state index >= 15 is 0 Å². The summed E-state index contributed by atoms with van der Waals surface area (Å²) >= 11 is 0. The molecule has 1 fully saturated rings. The first-order valence-electron chi connectivity index (χ1n) is 11.7. The van der Waals surface area contributed by atoms with Crippen molar-refractivity contribution in [2.75, 3.05) is 41.0 Å². The molecule has 0 saturated heterocycles. The molecule has 0 radical (unpaired) electrons. The van der Waals surface area contributed by atoms with Gasteiger partial charge in [-0.2, -0.15) is 0 Å². The quantitative estimate of drug-likeness (QED) is 0.416. The highest BCUT2D eigenvalue weighted by Gasteiger charge is 2.53. The molecule has 180 valence electrons. The van der Waals surface area contributed by atoms with Crippen molar-refractivity contribution in [1.29, 1.82) is 0 Å². The van der Waals surface area contributed by atoms with E-state index in [-0.39, 0.29) is 17.4 Å². The molecule has 0 unspecified atom stereocenters. The summed E-state index contributed by atoms with van der Waals surface area (Å²) in [4.78, 5) is 40.5. The molecule has 0 atom stereocenters. The molecule has 2 aromatic heterocycles. The van der Waals surface area contributed by atoms with Crippen LogP contribution in [0.4, 0.5) is 27.9 Å². The average Bonchev–Trinajstić information content (AvgIpc) is 3.59. The number of nitrogens with one attached hydrogen (secondary N) is 4. The van der Waals surface area contributed by atoms with E-state index in [1.165, 1.54) is 5.56 Å². The van der Waals surface area contributed by atoms with Crippen LogP contribution in [0.2, 0.25) is 0 Å². The van der Waals surface area contributed by atoms with Crippen molar-refractivity contribution in [1.82, 2.24) is 20.3 Å². The van der Waals surface area contributed by atoms with Gasteiger partial charge in [0, 0.05) is 43.6 Å². The van der Waals surface area contributed by atoms with Crippen LogP contribution in [-0.4, -0.2) is 47.0 Å². The van der Waals surface area contributed by atoms with Crippen LogP contribution >= 0.6 is 0 Å². The fraction of sp³-hybridized carbons (Fsp3) is 0.320. The number of benzene rings is 1. The first-order valence-corrected chi connectivity index (χ1v) is 11.7. The van der Waals surface area contributed by atoms with Crippen molar-refractivity contribution in [2.45, 2.75) is 31.7 Å². The molecule has 1 saturated carbocycles. The Labute approximate surface area is 203 Å². The predicted molar refractivity (Wildman–Crippen MR) is 135 cm³/mol. The Balaban J connectivity index is 1.33. The number of rotatable bonds is 7. The van der Waals surface area contributed by atoms with Gasteiger partial charge in [-0.3, -0.25) is 9.69 Å². The normalized spacial score (nSPS) is 14.9. The number of urea groups is 1.